The summed E-state index contributed by atoms with van der Waals surface area (Å²) in [4.78, 5) is 2.36. The Kier molecular flexibility index (Phi) is 8.00. The lowest BCUT2D eigenvalue weighted by Crippen LogP contribution is -2.26. The number of aliphatic hydroxyl groups excluding tert-OH is 1. The number of hydrogen-bond acceptors (Lipinski definition) is 5. The van der Waals surface area contributed by atoms with Crippen LogP contribution in [-0.2, 0) is 22.4 Å². The lowest BCUT2D eigenvalue weighted by molar-refractivity contribution is -0.142. The van der Waals surface area contributed by atoms with Crippen molar-refractivity contribution >= 4 is 0 Å². The molecule has 2 heterocycles. The summed E-state index contributed by atoms with van der Waals surface area (Å²) in [5, 5.41) is 8.59. The smallest absolute Gasteiger partial charge is 0.163 e. The van der Waals surface area contributed by atoms with Crippen LogP contribution in [0.25, 0.3) is 0 Å². The van der Waals surface area contributed by atoms with Gasteiger partial charge in [-0.2, -0.15) is 0 Å². The first-order valence-electron chi connectivity index (χ1n) is 7.76. The summed E-state index contributed by atoms with van der Waals surface area (Å²) in [6.45, 7) is 6.55. The molecule has 0 bridgehead atoms. The molecule has 1 atom stereocenters. The molecule has 5 nitrogen and oxygen atoms in total. The number of benzene rings is 1. The lowest BCUT2D eigenvalue weighted by atomic mass is 10.0. The predicted molar refractivity (Wildman–Crippen MR) is 88.6 cm³/mol. The Morgan fingerprint density at radius 1 is 1.27 bits per heavy atom. The molecule has 22 heavy (non-hydrogen) atoms. The van der Waals surface area contributed by atoms with E-state index in [9.17, 15) is 0 Å². The third-order valence-corrected chi connectivity index (χ3v) is 3.59. The zero-order valence-corrected chi connectivity index (χ0v) is 14.2. The molecule has 0 aromatic heterocycles. The van der Waals surface area contributed by atoms with Gasteiger partial charge in [0.05, 0.1) is 13.2 Å². The van der Waals surface area contributed by atoms with E-state index in [1.165, 1.54) is 31.1 Å². The molecule has 1 fully saturated rings. The fourth-order valence-electron chi connectivity index (χ4n) is 2.49. The molecule has 0 saturated carbocycles. The molecule has 1 aromatic rings. The highest BCUT2D eigenvalue weighted by atomic mass is 16.7. The minimum atomic E-state index is -0.493. The average Bonchev–Trinajstić information content (AvgIpc) is 2.89. The van der Waals surface area contributed by atoms with Crippen molar-refractivity contribution in [3.05, 3.63) is 35.4 Å². The summed E-state index contributed by atoms with van der Waals surface area (Å²) in [6.07, 6.45) is 1.09. The highest BCUT2D eigenvalue weighted by Gasteiger charge is 2.31. The first kappa shape index (κ1) is 19.1. The van der Waals surface area contributed by atoms with Gasteiger partial charge in [-0.1, -0.05) is 24.3 Å². The van der Waals surface area contributed by atoms with Crippen LogP contribution in [0.15, 0.2) is 24.3 Å². The van der Waals surface area contributed by atoms with Crippen molar-refractivity contribution in [1.29, 1.82) is 0 Å². The number of likely N-dealkylation sites (N-methyl/N-ethyl adjacent to an activating group) is 1. The normalized spacial score (nSPS) is 22.7. The molecule has 0 amide bonds. The molecular weight excluding hydrogens is 280 g/mol. The van der Waals surface area contributed by atoms with Gasteiger partial charge >= 0.3 is 0 Å². The van der Waals surface area contributed by atoms with E-state index in [4.69, 9.17) is 14.6 Å². The Morgan fingerprint density at radius 3 is 2.41 bits per heavy atom. The third-order valence-electron chi connectivity index (χ3n) is 3.59. The van der Waals surface area contributed by atoms with Gasteiger partial charge in [-0.05, 0) is 45.5 Å². The van der Waals surface area contributed by atoms with Crippen molar-refractivity contribution in [2.24, 2.45) is 5.73 Å². The molecule has 3 N–H and O–H groups in total. The number of ether oxygens (including phenoxy) is 2. The van der Waals surface area contributed by atoms with Crippen LogP contribution in [0, 0.1) is 0 Å². The van der Waals surface area contributed by atoms with Gasteiger partial charge < -0.3 is 25.2 Å². The highest BCUT2D eigenvalue weighted by molar-refractivity contribution is 5.28. The number of rotatable bonds is 1. The second-order valence-electron chi connectivity index (χ2n) is 5.89. The first-order chi connectivity index (χ1) is 10.5. The van der Waals surface area contributed by atoms with Gasteiger partial charge in [-0.3, -0.25) is 0 Å². The second kappa shape index (κ2) is 9.22. The summed E-state index contributed by atoms with van der Waals surface area (Å²) < 4.78 is 10.4. The minimum absolute atomic E-state index is 0.0451. The summed E-state index contributed by atoms with van der Waals surface area (Å²) in [5.41, 5.74) is 7.53. The Bertz CT molecular complexity index is 438. The van der Waals surface area contributed by atoms with Crippen molar-refractivity contribution < 1.29 is 14.6 Å². The Hall–Kier alpha value is -0.980. The van der Waals surface area contributed by atoms with Crippen LogP contribution in [0.1, 0.15) is 25.0 Å². The molecule has 126 valence electrons. The standard InChI is InChI=1S/C10H13N.C6H12O3.CH5N/c1-11-7-6-9-4-2-3-5-10(9)8-11;1-6(2)8-4-5(3-7)9-6;1-2/h2-5H,6-8H2,1H3;5,7H,3-4H2,1-2H3;2H2,1H3. The topological polar surface area (TPSA) is 67.9 Å². The minimum Gasteiger partial charge on any atom is -0.394 e. The summed E-state index contributed by atoms with van der Waals surface area (Å²) >= 11 is 0. The molecule has 0 radical (unpaired) electrons. The van der Waals surface area contributed by atoms with Gasteiger partial charge in [0, 0.05) is 13.1 Å². The second-order valence-corrected chi connectivity index (χ2v) is 5.89. The highest BCUT2D eigenvalue weighted by Crippen LogP contribution is 2.21. The van der Waals surface area contributed by atoms with E-state index in [0.717, 1.165) is 6.54 Å². The van der Waals surface area contributed by atoms with Gasteiger partial charge in [0.2, 0.25) is 0 Å². The summed E-state index contributed by atoms with van der Waals surface area (Å²) in [6, 6.07) is 8.72. The third kappa shape index (κ3) is 6.02. The number of aliphatic hydroxyl groups is 1. The van der Waals surface area contributed by atoms with Crippen molar-refractivity contribution in [2.75, 3.05) is 33.9 Å². The van der Waals surface area contributed by atoms with Crippen LogP contribution >= 0.6 is 0 Å². The zero-order valence-electron chi connectivity index (χ0n) is 14.2. The SMILES string of the molecule is CC1(C)OCC(CO)O1.CN.CN1CCc2ccccc2C1. The zero-order chi connectivity index (χ0) is 16.6. The van der Waals surface area contributed by atoms with Crippen LogP contribution < -0.4 is 5.73 Å². The fourth-order valence-corrected chi connectivity index (χ4v) is 2.49. The van der Waals surface area contributed by atoms with E-state index in [1.807, 2.05) is 13.8 Å². The molecule has 2 aliphatic rings. The van der Waals surface area contributed by atoms with E-state index in [-0.39, 0.29) is 12.7 Å². The van der Waals surface area contributed by atoms with Gasteiger partial charge in [0.15, 0.2) is 5.79 Å². The van der Waals surface area contributed by atoms with Crippen molar-refractivity contribution in [1.82, 2.24) is 4.90 Å². The molecule has 1 unspecified atom stereocenters. The average molecular weight is 310 g/mol. The molecule has 5 heteroatoms. The Labute approximate surface area is 134 Å². The number of fused-ring (bicyclic) bond motifs is 1. The monoisotopic (exact) mass is 310 g/mol. The molecule has 0 spiro atoms. The number of nitrogens with zero attached hydrogens (tertiary/aromatic N) is 1. The fraction of sp³-hybridized carbons (Fsp3) is 0.647. The maximum Gasteiger partial charge on any atom is 0.163 e. The van der Waals surface area contributed by atoms with Crippen LogP contribution in [0.3, 0.4) is 0 Å². The largest absolute Gasteiger partial charge is 0.394 e. The van der Waals surface area contributed by atoms with Gasteiger partial charge in [-0.15, -0.1) is 0 Å². The van der Waals surface area contributed by atoms with E-state index in [1.54, 1.807) is 0 Å². The number of hydrogen-bond donors (Lipinski definition) is 2. The van der Waals surface area contributed by atoms with Crippen LogP contribution in [0.2, 0.25) is 0 Å². The van der Waals surface area contributed by atoms with E-state index in [0.29, 0.717) is 6.61 Å². The van der Waals surface area contributed by atoms with Crippen molar-refractivity contribution in [2.45, 2.75) is 38.7 Å². The van der Waals surface area contributed by atoms with Crippen LogP contribution in [-0.4, -0.2) is 55.8 Å². The molecule has 1 saturated heterocycles. The molecule has 3 rings (SSSR count). The Balaban J connectivity index is 0.000000202. The van der Waals surface area contributed by atoms with Gasteiger partial charge in [0.1, 0.15) is 6.10 Å². The van der Waals surface area contributed by atoms with Crippen LogP contribution in [0.5, 0.6) is 0 Å². The van der Waals surface area contributed by atoms with E-state index < -0.39 is 5.79 Å². The summed E-state index contributed by atoms with van der Waals surface area (Å²) in [5.74, 6) is -0.493. The van der Waals surface area contributed by atoms with Crippen molar-refractivity contribution in [3.8, 4) is 0 Å². The van der Waals surface area contributed by atoms with E-state index in [2.05, 4.69) is 41.9 Å². The van der Waals surface area contributed by atoms with Gasteiger partial charge in [0.25, 0.3) is 0 Å². The molecular formula is C17H30N2O3. The summed E-state index contributed by atoms with van der Waals surface area (Å²) in [7, 11) is 3.68. The predicted octanol–water partition coefficient (Wildman–Crippen LogP) is 1.38. The molecule has 0 aliphatic carbocycles. The molecule has 2 aliphatic heterocycles. The van der Waals surface area contributed by atoms with Crippen molar-refractivity contribution in [3.63, 3.8) is 0 Å². The van der Waals surface area contributed by atoms with Crippen LogP contribution in [0.4, 0.5) is 0 Å². The maximum absolute atomic E-state index is 8.59. The number of nitrogens with two attached hydrogens (primary N) is 1. The van der Waals surface area contributed by atoms with Gasteiger partial charge in [-0.25, -0.2) is 0 Å². The first-order valence-corrected chi connectivity index (χ1v) is 7.76. The molecule has 1 aromatic carbocycles. The van der Waals surface area contributed by atoms with E-state index >= 15 is 0 Å². The quantitative estimate of drug-likeness (QED) is 0.820. The maximum atomic E-state index is 8.59. The Morgan fingerprint density at radius 2 is 1.91 bits per heavy atom. The lowest BCUT2D eigenvalue weighted by Gasteiger charge is -2.24.